The van der Waals surface area contributed by atoms with Crippen molar-refractivity contribution in [3.63, 3.8) is 0 Å². The Morgan fingerprint density at radius 1 is 1.60 bits per heavy atom. The number of aliphatic hydroxyl groups is 1. The molecule has 0 aliphatic carbocycles. The number of nitrogens with zero attached hydrogens (tertiary/aromatic N) is 1. The molecule has 1 heterocycles. The predicted octanol–water partition coefficient (Wildman–Crippen LogP) is 2.41. The van der Waals surface area contributed by atoms with Crippen molar-refractivity contribution in [1.29, 1.82) is 0 Å². The molecule has 0 bridgehead atoms. The molecule has 0 amide bonds. The maximum absolute atomic E-state index is 13.4. The highest BCUT2D eigenvalue weighted by molar-refractivity contribution is 9.10. The van der Waals surface area contributed by atoms with Crippen LogP contribution in [0.4, 0.5) is 10.2 Å². The Labute approximate surface area is 96.9 Å². The minimum Gasteiger partial charge on any atom is -0.394 e. The summed E-state index contributed by atoms with van der Waals surface area (Å²) in [6.07, 6.45) is 1.51. The van der Waals surface area contributed by atoms with Gasteiger partial charge in [0.25, 0.3) is 0 Å². The topological polar surface area (TPSA) is 45.1 Å². The molecule has 15 heavy (non-hydrogen) atoms. The van der Waals surface area contributed by atoms with Gasteiger partial charge in [0.2, 0.25) is 0 Å². The van der Waals surface area contributed by atoms with Gasteiger partial charge in [0, 0.05) is 10.7 Å². The van der Waals surface area contributed by atoms with Crippen LogP contribution in [0.25, 0.3) is 0 Å². The van der Waals surface area contributed by atoms with Crippen molar-refractivity contribution in [2.24, 2.45) is 5.92 Å². The number of nitrogens with one attached hydrogen (secondary N) is 1. The molecule has 1 aromatic rings. The monoisotopic (exact) mass is 276 g/mol. The largest absolute Gasteiger partial charge is 0.394 e. The van der Waals surface area contributed by atoms with Gasteiger partial charge in [0.05, 0.1) is 12.6 Å². The first kappa shape index (κ1) is 12.4. The van der Waals surface area contributed by atoms with Crippen molar-refractivity contribution in [2.75, 3.05) is 11.9 Å². The van der Waals surface area contributed by atoms with Crippen LogP contribution in [0, 0.1) is 11.7 Å². The molecule has 1 rings (SSSR count). The van der Waals surface area contributed by atoms with Crippen LogP contribution in [0.15, 0.2) is 16.7 Å². The van der Waals surface area contributed by atoms with Gasteiger partial charge in [-0.25, -0.2) is 9.37 Å². The third-order valence-corrected chi connectivity index (χ3v) is 2.57. The smallest absolute Gasteiger partial charge is 0.166 e. The number of rotatable bonds is 4. The van der Waals surface area contributed by atoms with E-state index < -0.39 is 5.82 Å². The van der Waals surface area contributed by atoms with Crippen molar-refractivity contribution < 1.29 is 9.50 Å². The molecular weight excluding hydrogens is 263 g/mol. The second-order valence-electron chi connectivity index (χ2n) is 3.66. The number of halogens is 2. The Morgan fingerprint density at radius 2 is 2.27 bits per heavy atom. The van der Waals surface area contributed by atoms with E-state index in [2.05, 4.69) is 26.2 Å². The van der Waals surface area contributed by atoms with Gasteiger partial charge in [-0.2, -0.15) is 0 Å². The molecule has 84 valence electrons. The van der Waals surface area contributed by atoms with Crippen LogP contribution in [0.5, 0.6) is 0 Å². The molecule has 1 unspecified atom stereocenters. The summed E-state index contributed by atoms with van der Waals surface area (Å²) in [5.74, 6) is -0.0470. The fourth-order valence-electron chi connectivity index (χ4n) is 1.12. The molecule has 0 aliphatic heterocycles. The fourth-order valence-corrected chi connectivity index (χ4v) is 1.42. The lowest BCUT2D eigenvalue weighted by Gasteiger charge is -2.20. The van der Waals surface area contributed by atoms with Crippen LogP contribution in [0.2, 0.25) is 0 Å². The van der Waals surface area contributed by atoms with Crippen molar-refractivity contribution >= 4 is 21.7 Å². The normalized spacial score (nSPS) is 12.9. The first-order valence-corrected chi connectivity index (χ1v) is 5.52. The summed E-state index contributed by atoms with van der Waals surface area (Å²) >= 11 is 3.13. The fraction of sp³-hybridized carbons (Fsp3) is 0.500. The number of aromatic nitrogens is 1. The first-order valence-electron chi connectivity index (χ1n) is 4.73. The third kappa shape index (κ3) is 3.43. The average molecular weight is 277 g/mol. The molecular formula is C10H14BrFN2O. The lowest BCUT2D eigenvalue weighted by atomic mass is 10.1. The van der Waals surface area contributed by atoms with E-state index in [9.17, 15) is 4.39 Å². The van der Waals surface area contributed by atoms with Gasteiger partial charge in [0.15, 0.2) is 11.6 Å². The summed E-state index contributed by atoms with van der Waals surface area (Å²) < 4.78 is 14.0. The van der Waals surface area contributed by atoms with E-state index in [0.29, 0.717) is 4.47 Å². The van der Waals surface area contributed by atoms with Gasteiger partial charge >= 0.3 is 0 Å². The molecule has 0 spiro atoms. The minimum atomic E-state index is -0.427. The van der Waals surface area contributed by atoms with Crippen molar-refractivity contribution in [2.45, 2.75) is 19.9 Å². The quantitative estimate of drug-likeness (QED) is 0.888. The highest BCUT2D eigenvalue weighted by Crippen LogP contribution is 2.18. The van der Waals surface area contributed by atoms with Crippen LogP contribution < -0.4 is 5.32 Å². The zero-order chi connectivity index (χ0) is 11.4. The van der Waals surface area contributed by atoms with Gasteiger partial charge in [-0.05, 0) is 27.9 Å². The number of anilines is 1. The van der Waals surface area contributed by atoms with Crippen LogP contribution in [-0.2, 0) is 0 Å². The maximum Gasteiger partial charge on any atom is 0.166 e. The summed E-state index contributed by atoms with van der Waals surface area (Å²) in [4.78, 5) is 3.90. The Hall–Kier alpha value is -0.680. The van der Waals surface area contributed by atoms with Crippen LogP contribution >= 0.6 is 15.9 Å². The van der Waals surface area contributed by atoms with E-state index in [1.54, 1.807) is 0 Å². The van der Waals surface area contributed by atoms with Crippen molar-refractivity contribution in [3.8, 4) is 0 Å². The molecule has 0 aromatic carbocycles. The Balaban J connectivity index is 2.79. The van der Waals surface area contributed by atoms with Crippen molar-refractivity contribution in [1.82, 2.24) is 4.98 Å². The average Bonchev–Trinajstić information content (AvgIpc) is 2.16. The Kier molecular flexibility index (Phi) is 4.47. The van der Waals surface area contributed by atoms with E-state index in [4.69, 9.17) is 5.11 Å². The first-order chi connectivity index (χ1) is 7.04. The molecule has 1 aromatic heterocycles. The highest BCUT2D eigenvalue weighted by Gasteiger charge is 2.14. The zero-order valence-corrected chi connectivity index (χ0v) is 10.3. The number of hydrogen-bond donors (Lipinski definition) is 2. The second kappa shape index (κ2) is 5.42. The molecule has 2 N–H and O–H groups in total. The van der Waals surface area contributed by atoms with Gasteiger partial charge in [-0.15, -0.1) is 0 Å². The van der Waals surface area contributed by atoms with Crippen molar-refractivity contribution in [3.05, 3.63) is 22.6 Å². The lowest BCUT2D eigenvalue weighted by molar-refractivity contribution is 0.248. The summed E-state index contributed by atoms with van der Waals surface area (Å²) in [7, 11) is 0. The SMILES string of the molecule is CC(C)C(CO)Nc1ncc(Br)cc1F. The Bertz CT molecular complexity index is 333. The Morgan fingerprint density at radius 3 is 2.73 bits per heavy atom. The highest BCUT2D eigenvalue weighted by atomic mass is 79.9. The predicted molar refractivity (Wildman–Crippen MR) is 61.2 cm³/mol. The van der Waals surface area contributed by atoms with E-state index in [1.807, 2.05) is 13.8 Å². The van der Waals surface area contributed by atoms with E-state index in [0.717, 1.165) is 0 Å². The summed E-state index contributed by atoms with van der Waals surface area (Å²) in [6.45, 7) is 3.85. The molecule has 5 heteroatoms. The molecule has 0 saturated carbocycles. The summed E-state index contributed by atoms with van der Waals surface area (Å²) in [5, 5.41) is 11.9. The molecule has 0 fully saturated rings. The van der Waals surface area contributed by atoms with E-state index in [-0.39, 0.29) is 24.4 Å². The standard InChI is InChI=1S/C10H14BrFN2O/c1-6(2)9(5-15)14-10-8(12)3-7(11)4-13-10/h3-4,6,9,15H,5H2,1-2H3,(H,13,14). The molecule has 0 aliphatic rings. The van der Waals surface area contributed by atoms with Gasteiger partial charge in [-0.1, -0.05) is 13.8 Å². The van der Waals surface area contributed by atoms with Gasteiger partial charge in [-0.3, -0.25) is 0 Å². The van der Waals surface area contributed by atoms with E-state index >= 15 is 0 Å². The lowest BCUT2D eigenvalue weighted by Crippen LogP contribution is -2.30. The van der Waals surface area contributed by atoms with E-state index in [1.165, 1.54) is 12.3 Å². The third-order valence-electron chi connectivity index (χ3n) is 2.13. The molecule has 3 nitrogen and oxygen atoms in total. The van der Waals surface area contributed by atoms with Crippen LogP contribution in [0.3, 0.4) is 0 Å². The molecule has 1 atom stereocenters. The number of hydrogen-bond acceptors (Lipinski definition) is 3. The maximum atomic E-state index is 13.4. The number of pyridine rings is 1. The van der Waals surface area contributed by atoms with Crippen LogP contribution in [-0.4, -0.2) is 22.7 Å². The molecule has 0 saturated heterocycles. The van der Waals surface area contributed by atoms with Gasteiger partial charge < -0.3 is 10.4 Å². The summed E-state index contributed by atoms with van der Waals surface area (Å²) in [6, 6.07) is 1.15. The van der Waals surface area contributed by atoms with Crippen LogP contribution in [0.1, 0.15) is 13.8 Å². The zero-order valence-electron chi connectivity index (χ0n) is 8.67. The minimum absolute atomic E-state index is 0.0468. The summed E-state index contributed by atoms with van der Waals surface area (Å²) in [5.41, 5.74) is 0. The van der Waals surface area contributed by atoms with Gasteiger partial charge in [0.1, 0.15) is 0 Å². The molecule has 0 radical (unpaired) electrons. The number of aliphatic hydroxyl groups excluding tert-OH is 1. The second-order valence-corrected chi connectivity index (χ2v) is 4.58.